The monoisotopic (exact) mass is 260 g/mol. The third kappa shape index (κ3) is 4.48. The molecule has 1 heterocycles. The van der Waals surface area contributed by atoms with Gasteiger partial charge in [-0.2, -0.15) is 11.8 Å². The molecule has 4 nitrogen and oxygen atoms in total. The molecule has 0 aromatic rings. The van der Waals surface area contributed by atoms with Crippen LogP contribution in [0.1, 0.15) is 19.8 Å². The predicted octanol–water partition coefficient (Wildman–Crippen LogP) is 0.557. The number of hydrogen-bond donors (Lipinski definition) is 2. The van der Waals surface area contributed by atoms with Crippen molar-refractivity contribution in [1.29, 1.82) is 0 Å². The highest BCUT2D eigenvalue weighted by Crippen LogP contribution is 2.16. The van der Waals surface area contributed by atoms with Crippen molar-refractivity contribution < 1.29 is 9.90 Å². The molecular weight excluding hydrogens is 236 g/mol. The molecule has 0 bridgehead atoms. The lowest BCUT2D eigenvalue weighted by atomic mass is 9.97. The molecule has 1 fully saturated rings. The molecule has 0 aromatic carbocycles. The molecule has 0 unspecified atom stereocenters. The molecule has 17 heavy (non-hydrogen) atoms. The summed E-state index contributed by atoms with van der Waals surface area (Å²) in [6, 6.07) is 0.0229. The van der Waals surface area contributed by atoms with Crippen molar-refractivity contribution in [3.05, 3.63) is 0 Å². The first-order chi connectivity index (χ1) is 8.08. The number of piperidine rings is 1. The summed E-state index contributed by atoms with van der Waals surface area (Å²) in [4.78, 5) is 14.3. The molecule has 5 heteroatoms. The summed E-state index contributed by atoms with van der Waals surface area (Å²) in [7, 11) is 2.06. The fourth-order valence-electron chi connectivity index (χ4n) is 2.25. The van der Waals surface area contributed by atoms with Gasteiger partial charge in [-0.05, 0) is 39.6 Å². The van der Waals surface area contributed by atoms with Gasteiger partial charge in [0.05, 0.1) is 12.5 Å². The first kappa shape index (κ1) is 14.8. The highest BCUT2D eigenvalue weighted by Gasteiger charge is 2.26. The molecule has 0 spiro atoms. The second-order valence-corrected chi connectivity index (χ2v) is 5.93. The van der Waals surface area contributed by atoms with E-state index in [9.17, 15) is 9.90 Å². The van der Waals surface area contributed by atoms with Gasteiger partial charge in [-0.15, -0.1) is 0 Å². The normalized spacial score (nSPS) is 25.3. The molecule has 1 amide bonds. The number of carbonyl (C=O) groups excluding carboxylic acids is 1. The standard InChI is InChI=1S/C12H24N2O2S/c1-9(11(8-15)17-3)13-12(16)10-5-4-6-14(2)7-10/h9-11,15H,4-8H2,1-3H3,(H,13,16)/t9-,10-,11+/m0/s1. The van der Waals surface area contributed by atoms with Gasteiger partial charge in [-0.3, -0.25) is 4.79 Å². The van der Waals surface area contributed by atoms with Crippen LogP contribution in [-0.2, 0) is 4.79 Å². The lowest BCUT2D eigenvalue weighted by molar-refractivity contribution is -0.127. The third-order valence-corrected chi connectivity index (χ3v) is 4.57. The number of hydrogen-bond acceptors (Lipinski definition) is 4. The van der Waals surface area contributed by atoms with E-state index in [0.29, 0.717) is 0 Å². The summed E-state index contributed by atoms with van der Waals surface area (Å²) in [5, 5.41) is 12.3. The largest absolute Gasteiger partial charge is 0.395 e. The maximum absolute atomic E-state index is 12.1. The van der Waals surface area contributed by atoms with E-state index >= 15 is 0 Å². The van der Waals surface area contributed by atoms with Crippen molar-refractivity contribution in [3.63, 3.8) is 0 Å². The first-order valence-corrected chi connectivity index (χ1v) is 7.49. The maximum Gasteiger partial charge on any atom is 0.224 e. The molecule has 2 N–H and O–H groups in total. The van der Waals surface area contributed by atoms with Gasteiger partial charge in [0.25, 0.3) is 0 Å². The van der Waals surface area contributed by atoms with Crippen molar-refractivity contribution >= 4 is 17.7 Å². The van der Waals surface area contributed by atoms with Crippen LogP contribution >= 0.6 is 11.8 Å². The van der Waals surface area contributed by atoms with Gasteiger partial charge >= 0.3 is 0 Å². The van der Waals surface area contributed by atoms with Gasteiger partial charge in [0.15, 0.2) is 0 Å². The van der Waals surface area contributed by atoms with Gasteiger partial charge in [0.2, 0.25) is 5.91 Å². The van der Waals surface area contributed by atoms with Crippen LogP contribution in [-0.4, -0.2) is 60.2 Å². The molecule has 0 saturated carbocycles. The number of likely N-dealkylation sites (tertiary alicyclic amines) is 1. The van der Waals surface area contributed by atoms with Crippen LogP contribution < -0.4 is 5.32 Å². The first-order valence-electron chi connectivity index (χ1n) is 6.21. The molecule has 0 radical (unpaired) electrons. The van der Waals surface area contributed by atoms with Crippen LogP contribution in [0, 0.1) is 5.92 Å². The number of nitrogens with one attached hydrogen (secondary N) is 1. The lowest BCUT2D eigenvalue weighted by Gasteiger charge is -2.30. The molecule has 3 atom stereocenters. The third-order valence-electron chi connectivity index (χ3n) is 3.41. The Bertz CT molecular complexity index is 247. The zero-order valence-corrected chi connectivity index (χ0v) is 11.8. The second kappa shape index (κ2) is 7.24. The van der Waals surface area contributed by atoms with E-state index in [1.165, 1.54) is 0 Å². The molecule has 1 saturated heterocycles. The average Bonchev–Trinajstić information content (AvgIpc) is 2.30. The Morgan fingerprint density at radius 2 is 2.35 bits per heavy atom. The number of aliphatic hydroxyl groups excluding tert-OH is 1. The van der Waals surface area contributed by atoms with E-state index in [1.54, 1.807) is 11.8 Å². The van der Waals surface area contributed by atoms with Crippen LogP contribution in [0.4, 0.5) is 0 Å². The Labute approximate surface area is 108 Å². The predicted molar refractivity (Wildman–Crippen MR) is 72.2 cm³/mol. The SMILES string of the molecule is CS[C@H](CO)[C@H](C)NC(=O)[C@H]1CCCN(C)C1. The summed E-state index contributed by atoms with van der Waals surface area (Å²) in [5.41, 5.74) is 0. The average molecular weight is 260 g/mol. The van der Waals surface area contributed by atoms with Crippen LogP contribution in [0.25, 0.3) is 0 Å². The van der Waals surface area contributed by atoms with Gasteiger partial charge < -0.3 is 15.3 Å². The Kier molecular flexibility index (Phi) is 6.30. The highest BCUT2D eigenvalue weighted by molar-refractivity contribution is 7.99. The smallest absolute Gasteiger partial charge is 0.224 e. The minimum Gasteiger partial charge on any atom is -0.395 e. The molecule has 0 aromatic heterocycles. The molecule has 0 aliphatic carbocycles. The quantitative estimate of drug-likeness (QED) is 0.758. The van der Waals surface area contributed by atoms with E-state index in [2.05, 4.69) is 17.3 Å². The van der Waals surface area contributed by atoms with E-state index in [0.717, 1.165) is 25.9 Å². The Hall–Kier alpha value is -0.260. The fraction of sp³-hybridized carbons (Fsp3) is 0.917. The lowest BCUT2D eigenvalue weighted by Crippen LogP contribution is -2.47. The number of carbonyl (C=O) groups is 1. The van der Waals surface area contributed by atoms with Gasteiger partial charge in [-0.25, -0.2) is 0 Å². The maximum atomic E-state index is 12.1. The van der Waals surface area contributed by atoms with E-state index in [1.807, 2.05) is 13.2 Å². The molecule has 1 aliphatic rings. The van der Waals surface area contributed by atoms with E-state index < -0.39 is 0 Å². The minimum atomic E-state index is 0.0229. The molecular formula is C12H24N2O2S. The van der Waals surface area contributed by atoms with Crippen molar-refractivity contribution in [2.45, 2.75) is 31.1 Å². The van der Waals surface area contributed by atoms with E-state index in [4.69, 9.17) is 0 Å². The van der Waals surface area contributed by atoms with Crippen LogP contribution in [0.3, 0.4) is 0 Å². The highest BCUT2D eigenvalue weighted by atomic mass is 32.2. The van der Waals surface area contributed by atoms with Crippen LogP contribution in [0.2, 0.25) is 0 Å². The fourth-order valence-corrected chi connectivity index (χ4v) is 2.88. The number of thioether (sulfide) groups is 1. The second-order valence-electron chi connectivity index (χ2n) is 4.86. The van der Waals surface area contributed by atoms with Gasteiger partial charge in [0.1, 0.15) is 0 Å². The molecule has 1 rings (SSSR count). The number of nitrogens with zero attached hydrogens (tertiary/aromatic N) is 1. The number of aliphatic hydroxyl groups is 1. The Morgan fingerprint density at radius 1 is 1.65 bits per heavy atom. The van der Waals surface area contributed by atoms with Gasteiger partial charge in [0, 0.05) is 17.8 Å². The number of rotatable bonds is 5. The van der Waals surface area contributed by atoms with Crippen molar-refractivity contribution in [1.82, 2.24) is 10.2 Å². The van der Waals surface area contributed by atoms with Crippen molar-refractivity contribution in [2.75, 3.05) is 33.0 Å². The molecule has 100 valence electrons. The van der Waals surface area contributed by atoms with Crippen molar-refractivity contribution in [2.24, 2.45) is 5.92 Å². The number of amides is 1. The Morgan fingerprint density at radius 3 is 2.88 bits per heavy atom. The van der Waals surface area contributed by atoms with E-state index in [-0.39, 0.29) is 29.7 Å². The summed E-state index contributed by atoms with van der Waals surface area (Å²) < 4.78 is 0. The van der Waals surface area contributed by atoms with Gasteiger partial charge in [-0.1, -0.05) is 0 Å². The summed E-state index contributed by atoms with van der Waals surface area (Å²) >= 11 is 1.59. The zero-order valence-electron chi connectivity index (χ0n) is 11.0. The summed E-state index contributed by atoms with van der Waals surface area (Å²) in [6.07, 6.45) is 4.03. The topological polar surface area (TPSA) is 52.6 Å². The zero-order chi connectivity index (χ0) is 12.8. The van der Waals surface area contributed by atoms with Crippen LogP contribution in [0.5, 0.6) is 0 Å². The molecule has 1 aliphatic heterocycles. The summed E-state index contributed by atoms with van der Waals surface area (Å²) in [6.45, 7) is 4.00. The summed E-state index contributed by atoms with van der Waals surface area (Å²) in [5.74, 6) is 0.244. The van der Waals surface area contributed by atoms with Crippen LogP contribution in [0.15, 0.2) is 0 Å². The minimum absolute atomic E-state index is 0.0229. The Balaban J connectivity index is 2.42. The van der Waals surface area contributed by atoms with Crippen molar-refractivity contribution in [3.8, 4) is 0 Å².